The molecule has 0 unspecified atom stereocenters. The number of aliphatic hydroxyl groups is 4. The molecule has 11 heteroatoms. The molecule has 0 aromatic heterocycles. The van der Waals surface area contributed by atoms with Crippen molar-refractivity contribution in [2.24, 2.45) is 90.7 Å². The van der Waals surface area contributed by atoms with Gasteiger partial charge in [0.1, 0.15) is 5.60 Å². The van der Waals surface area contributed by atoms with E-state index in [0.717, 1.165) is 74.9 Å². The number of carbonyl (C=O) groups excluding carboxylic acids is 1. The molecule has 10 aliphatic rings. The first-order valence-electron chi connectivity index (χ1n) is 34.6. The minimum atomic E-state index is -3.55. The van der Waals surface area contributed by atoms with Crippen LogP contribution in [0.25, 0.3) is 0 Å². The van der Waals surface area contributed by atoms with E-state index in [2.05, 4.69) is 104 Å². The fourth-order valence-corrected chi connectivity index (χ4v) is 24.1. The van der Waals surface area contributed by atoms with Gasteiger partial charge in [-0.2, -0.15) is 0 Å². The topological polar surface area (TPSA) is 151 Å². The first kappa shape index (κ1) is 71.9. The highest BCUT2D eigenvalue weighted by Gasteiger charge is 2.64. The molecule has 86 heavy (non-hydrogen) atoms. The lowest BCUT2D eigenvalue weighted by Crippen LogP contribution is -2.57. The van der Waals surface area contributed by atoms with Gasteiger partial charge >= 0.3 is 5.97 Å². The van der Waals surface area contributed by atoms with Crippen LogP contribution < -0.4 is 0 Å². The van der Waals surface area contributed by atoms with Crippen molar-refractivity contribution in [3.63, 3.8) is 0 Å². The number of hydrogen-bond acceptors (Lipinski definition) is 9. The lowest BCUT2D eigenvalue weighted by Gasteiger charge is -2.61. The smallest absolute Gasteiger partial charge is 0.306 e. The molecule has 1 aromatic rings. The quantitative estimate of drug-likeness (QED) is 0.119. The van der Waals surface area contributed by atoms with E-state index in [1.165, 1.54) is 115 Å². The minimum absolute atomic E-state index is 0.0350. The summed E-state index contributed by atoms with van der Waals surface area (Å²) in [5, 5.41) is 41.5. The molecule has 17 atom stereocenters. The van der Waals surface area contributed by atoms with Crippen molar-refractivity contribution in [3.05, 3.63) is 42.5 Å². The van der Waals surface area contributed by atoms with Gasteiger partial charge in [-0.25, -0.2) is 8.42 Å². The summed E-state index contributed by atoms with van der Waals surface area (Å²) in [7, 11) is 1.54. The Labute approximate surface area is 530 Å². The van der Waals surface area contributed by atoms with Gasteiger partial charge in [0.15, 0.2) is 0 Å². The monoisotopic (exact) mass is 1240 g/mol. The molecule has 9 nitrogen and oxygen atoms in total. The van der Waals surface area contributed by atoms with Gasteiger partial charge in [-0.1, -0.05) is 133 Å². The Morgan fingerprint density at radius 2 is 0.942 bits per heavy atom. The second kappa shape index (κ2) is 25.4. The number of ether oxygens (including phenoxy) is 2. The molecule has 10 fully saturated rings. The van der Waals surface area contributed by atoms with E-state index in [-0.39, 0.29) is 51.3 Å². The fourth-order valence-electron chi connectivity index (χ4n) is 23.4. The first-order valence-corrected chi connectivity index (χ1v) is 36.9. The summed E-state index contributed by atoms with van der Waals surface area (Å²) >= 11 is 0. The number of halogens is 1. The molecule has 4 N–H and O–H groups in total. The molecule has 2 heterocycles. The van der Waals surface area contributed by atoms with Gasteiger partial charge in [0.2, 0.25) is 0 Å². The average molecular weight is 1240 g/mol. The Morgan fingerprint density at radius 3 is 1.36 bits per heavy atom. The van der Waals surface area contributed by atoms with E-state index in [9.17, 15) is 33.6 Å². The maximum atomic E-state index is 11.8. The molecule has 0 radical (unpaired) electrons. The van der Waals surface area contributed by atoms with Crippen LogP contribution in [0, 0.1) is 97.6 Å². The van der Waals surface area contributed by atoms with Crippen molar-refractivity contribution in [1.29, 1.82) is 0 Å². The molecule has 8 saturated carbocycles. The predicted octanol–water partition coefficient (Wildman–Crippen LogP) is 18.3. The van der Waals surface area contributed by atoms with Gasteiger partial charge in [-0.15, -0.1) is 6.58 Å². The van der Waals surface area contributed by atoms with Gasteiger partial charge in [0, 0.05) is 29.8 Å². The predicted molar refractivity (Wildman–Crippen MR) is 353 cm³/mol. The van der Waals surface area contributed by atoms with Gasteiger partial charge in [0.25, 0.3) is 9.05 Å². The third kappa shape index (κ3) is 14.5. The normalized spacial score (nSPS) is 43.7. The van der Waals surface area contributed by atoms with Crippen LogP contribution in [0.2, 0.25) is 0 Å². The van der Waals surface area contributed by atoms with E-state index in [1.54, 1.807) is 18.2 Å². The van der Waals surface area contributed by atoms with Gasteiger partial charge in [0.05, 0.1) is 33.7 Å². The van der Waals surface area contributed by atoms with E-state index < -0.39 is 25.9 Å². The molecule has 494 valence electrons. The fraction of sp³-hybridized carbons (Fsp3) is 0.880. The van der Waals surface area contributed by atoms with Crippen molar-refractivity contribution in [1.82, 2.24) is 0 Å². The van der Waals surface area contributed by atoms with Crippen molar-refractivity contribution >= 4 is 25.7 Å². The Kier molecular flexibility index (Phi) is 21.2. The number of aryl methyl sites for hydroxylation is 1. The van der Waals surface area contributed by atoms with Crippen LogP contribution in [0.4, 0.5) is 0 Å². The van der Waals surface area contributed by atoms with E-state index >= 15 is 0 Å². The summed E-state index contributed by atoms with van der Waals surface area (Å²) in [4.78, 5) is 11.9. The molecule has 2 aliphatic heterocycles. The summed E-state index contributed by atoms with van der Waals surface area (Å²) in [6, 6.07) is 6.37. The zero-order chi connectivity index (χ0) is 64.4. The number of carbonyl (C=O) groups is 1. The second-order valence-corrected chi connectivity index (χ2v) is 38.1. The summed E-state index contributed by atoms with van der Waals surface area (Å²) < 4.78 is 33.2. The zero-order valence-corrected chi connectivity index (χ0v) is 59.5. The molecule has 11 rings (SSSR count). The van der Waals surface area contributed by atoms with Crippen LogP contribution in [-0.4, -0.2) is 76.0 Å². The standard InChI is InChI=1S/C20H36O2.C16H26O2.C16H30O2.C16H28O.C7H7ClO2S/c1-7-18(4,21)13-9-16-19(5)12-8-11-17(2,3)15(19)10-14-20(16,6)22;1-14(2)7-5-8-15(3)11(14)6-9-16(4)12(15)10-13(17)18-16;1-14(2)8-5-9-15(3)12(14)6-10-16(4,18)13(15)7-11-17;1-14(2)8-5-9-15(3)12(14)6-10-16(4)13(15)7-11-17-16;1-6-2-4-7(5-3-6)11(8,9)10/h7,15-16,21-22H,1,8-14H2,2-6H3;11-12H,5-10H2,1-4H3;12-13,17-18H,5-11H2,1-4H3;12-13H,5-11H2,1-4H3;2-5H,1H3/t15-,16+,18+,19-,20+;11-,12+,15-,16+;2*12-,13+,15-,16+;/m0000./s1. The van der Waals surface area contributed by atoms with Gasteiger partial charge in [-0.05, 0) is 267 Å². The summed E-state index contributed by atoms with van der Waals surface area (Å²) in [5.41, 5.74) is 1.97. The van der Waals surface area contributed by atoms with Crippen molar-refractivity contribution in [2.75, 3.05) is 13.2 Å². The number of hydrogen-bond donors (Lipinski definition) is 4. The van der Waals surface area contributed by atoms with Gasteiger partial charge < -0.3 is 29.9 Å². The number of rotatable bonds is 7. The highest BCUT2D eigenvalue weighted by atomic mass is 35.7. The summed E-state index contributed by atoms with van der Waals surface area (Å²) in [5.74, 6) is 4.83. The third-order valence-electron chi connectivity index (χ3n) is 27.7. The SMILES string of the molecule is C=C[C@@](C)(O)CC[C@@H]1[C@@]2(C)CCCC(C)(C)[C@@H]2CC[C@@]1(C)O.CC1(C)CCC[C@]2(C)[C@@H](CCO)[C@](C)(O)CC[C@@H]12.CC1(C)CCC[C@]2(C)[C@H]3CC(=O)O[C@]3(C)CC[C@@H]12.CC1(C)CCC[C@]2(C)[C@H]3CCO[C@]3(C)CC[C@@H]12.Cc1ccc(S(=O)(=O)Cl)cc1. The van der Waals surface area contributed by atoms with Crippen molar-refractivity contribution < 1.29 is 43.1 Å². The summed E-state index contributed by atoms with van der Waals surface area (Å²) in [6.07, 6.45) is 30.6. The van der Waals surface area contributed by atoms with Crippen LogP contribution >= 0.6 is 10.7 Å². The maximum Gasteiger partial charge on any atom is 0.306 e. The molecule has 2 saturated heterocycles. The van der Waals surface area contributed by atoms with Crippen LogP contribution in [0.1, 0.15) is 284 Å². The highest BCUT2D eigenvalue weighted by molar-refractivity contribution is 8.13. The summed E-state index contributed by atoms with van der Waals surface area (Å²) in [6.45, 7) is 46.5. The van der Waals surface area contributed by atoms with Crippen LogP contribution in [0.5, 0.6) is 0 Å². The maximum absolute atomic E-state index is 11.8. The molecule has 0 bridgehead atoms. The number of benzene rings is 1. The van der Waals surface area contributed by atoms with Crippen molar-refractivity contribution in [2.45, 2.75) is 318 Å². The largest absolute Gasteiger partial charge is 0.459 e. The molecule has 8 aliphatic carbocycles. The Balaban J connectivity index is 0.000000156. The van der Waals surface area contributed by atoms with E-state index in [4.69, 9.17) is 20.2 Å². The van der Waals surface area contributed by atoms with E-state index in [1.807, 2.05) is 27.7 Å². The molecular weight excluding hydrogens is 1110 g/mol. The molecule has 0 spiro atoms. The van der Waals surface area contributed by atoms with Crippen molar-refractivity contribution in [3.8, 4) is 0 Å². The highest BCUT2D eigenvalue weighted by Crippen LogP contribution is 2.68. The minimum Gasteiger partial charge on any atom is -0.459 e. The Hall–Kier alpha value is -1.53. The number of fused-ring (bicyclic) bond motifs is 8. The van der Waals surface area contributed by atoms with Crippen LogP contribution in [-0.2, 0) is 23.3 Å². The Morgan fingerprint density at radius 1 is 0.558 bits per heavy atom. The second-order valence-electron chi connectivity index (χ2n) is 35.5. The molecular formula is C75H127ClO9S. The zero-order valence-electron chi connectivity index (χ0n) is 57.9. The number of aliphatic hydroxyl groups excluding tert-OH is 1. The molecule has 0 amide bonds. The lowest BCUT2D eigenvalue weighted by molar-refractivity contribution is -0.172. The Bertz CT molecular complexity index is 2600. The lowest BCUT2D eigenvalue weighted by atomic mass is 9.45. The van der Waals surface area contributed by atoms with Gasteiger partial charge in [-0.3, -0.25) is 4.79 Å². The molecule has 1 aromatic carbocycles. The number of esters is 1. The third-order valence-corrected chi connectivity index (χ3v) is 29.0. The van der Waals surface area contributed by atoms with Crippen LogP contribution in [0.15, 0.2) is 41.8 Å². The first-order chi connectivity index (χ1) is 39.3. The van der Waals surface area contributed by atoms with E-state index in [0.29, 0.717) is 63.1 Å². The van der Waals surface area contributed by atoms with Crippen LogP contribution in [0.3, 0.4) is 0 Å². The average Bonchev–Trinajstić information content (AvgIpc) is 1.25.